The Bertz CT molecular complexity index is 444. The highest BCUT2D eigenvalue weighted by molar-refractivity contribution is 5.59. The van der Waals surface area contributed by atoms with Crippen LogP contribution in [0.15, 0.2) is 6.07 Å². The number of hydrogen-bond acceptors (Lipinski definition) is 4. The lowest BCUT2D eigenvalue weighted by Gasteiger charge is -2.11. The van der Waals surface area contributed by atoms with E-state index in [4.69, 9.17) is 10.00 Å². The van der Waals surface area contributed by atoms with E-state index in [1.165, 1.54) is 0 Å². The molecule has 0 saturated carbocycles. The molecule has 18 heavy (non-hydrogen) atoms. The number of alkyl halides is 2. The van der Waals surface area contributed by atoms with Crippen LogP contribution in [0.25, 0.3) is 0 Å². The first-order valence-corrected chi connectivity index (χ1v) is 5.52. The minimum atomic E-state index is -2.45. The molecule has 1 N–H and O–H groups in total. The number of anilines is 1. The number of nitrogens with one attached hydrogen (secondary N) is 1. The monoisotopic (exact) mass is 255 g/mol. The largest absolute Gasteiger partial charge is 0.382 e. The third-order valence-corrected chi connectivity index (χ3v) is 2.25. The highest BCUT2D eigenvalue weighted by Crippen LogP contribution is 2.18. The molecular weight excluding hydrogens is 240 g/mol. The maximum Gasteiger partial charge on any atom is 0.261 e. The molecule has 0 aromatic carbocycles. The van der Waals surface area contributed by atoms with E-state index in [9.17, 15) is 8.78 Å². The lowest BCUT2D eigenvalue weighted by Crippen LogP contribution is -2.14. The highest BCUT2D eigenvalue weighted by atomic mass is 19.3. The first-order chi connectivity index (χ1) is 8.54. The van der Waals surface area contributed by atoms with Crippen LogP contribution in [0.3, 0.4) is 0 Å². The zero-order chi connectivity index (χ0) is 13.5. The number of hydrogen-bond donors (Lipinski definition) is 1. The molecule has 0 unspecified atom stereocenters. The first-order valence-electron chi connectivity index (χ1n) is 5.52. The summed E-state index contributed by atoms with van der Waals surface area (Å²) in [4.78, 5) is 4.18. The summed E-state index contributed by atoms with van der Waals surface area (Å²) in [5, 5.41) is 12.0. The van der Waals surface area contributed by atoms with Gasteiger partial charge < -0.3 is 10.1 Å². The zero-order valence-electron chi connectivity index (χ0n) is 10.3. The molecule has 1 aromatic rings. The molecule has 0 bridgehead atoms. The van der Waals surface area contributed by atoms with E-state index >= 15 is 0 Å². The number of rotatable bonds is 6. The molecule has 0 saturated heterocycles. The van der Waals surface area contributed by atoms with Crippen molar-refractivity contribution in [3.8, 4) is 6.07 Å². The summed E-state index contributed by atoms with van der Waals surface area (Å²) >= 11 is 0. The molecule has 0 aliphatic carbocycles. The molecule has 0 aliphatic rings. The molecule has 0 radical (unpaired) electrons. The maximum absolute atomic E-state index is 11.8. The molecule has 0 atom stereocenters. The van der Waals surface area contributed by atoms with Gasteiger partial charge in [0.15, 0.2) is 0 Å². The summed E-state index contributed by atoms with van der Waals surface area (Å²) in [6.07, 6.45) is -2.45. The fourth-order valence-electron chi connectivity index (χ4n) is 1.54. The second kappa shape index (κ2) is 6.87. The Hall–Kier alpha value is -1.74. The van der Waals surface area contributed by atoms with Crippen molar-refractivity contribution in [2.45, 2.75) is 20.3 Å². The molecule has 1 heterocycles. The number of aryl methyl sites for hydroxylation is 2. The summed E-state index contributed by atoms with van der Waals surface area (Å²) in [6, 6.07) is 3.81. The summed E-state index contributed by atoms with van der Waals surface area (Å²) in [5.41, 5.74) is 2.56. The van der Waals surface area contributed by atoms with E-state index in [1.54, 1.807) is 13.0 Å². The molecule has 1 aromatic heterocycles. The van der Waals surface area contributed by atoms with Crippen LogP contribution in [0.5, 0.6) is 0 Å². The van der Waals surface area contributed by atoms with Gasteiger partial charge in [0.25, 0.3) is 6.43 Å². The lowest BCUT2D eigenvalue weighted by atomic mass is 10.1. The minimum Gasteiger partial charge on any atom is -0.382 e. The van der Waals surface area contributed by atoms with Gasteiger partial charge in [0.2, 0.25) is 0 Å². The fourth-order valence-corrected chi connectivity index (χ4v) is 1.54. The van der Waals surface area contributed by atoms with Gasteiger partial charge in [-0.25, -0.2) is 8.78 Å². The average molecular weight is 255 g/mol. The molecule has 0 amide bonds. The van der Waals surface area contributed by atoms with Crippen molar-refractivity contribution in [3.05, 3.63) is 23.0 Å². The summed E-state index contributed by atoms with van der Waals surface area (Å²) in [5.74, 6) is 0. The van der Waals surface area contributed by atoms with Gasteiger partial charge >= 0.3 is 0 Å². The lowest BCUT2D eigenvalue weighted by molar-refractivity contribution is 0.0215. The summed E-state index contributed by atoms with van der Waals surface area (Å²) in [6.45, 7) is 3.54. The van der Waals surface area contributed by atoms with E-state index in [0.717, 1.165) is 5.69 Å². The maximum atomic E-state index is 11.8. The van der Waals surface area contributed by atoms with Gasteiger partial charge in [-0.05, 0) is 19.9 Å². The number of nitrogens with zero attached hydrogens (tertiary/aromatic N) is 2. The van der Waals surface area contributed by atoms with Crippen LogP contribution in [0.1, 0.15) is 17.0 Å². The molecule has 0 spiro atoms. The van der Waals surface area contributed by atoms with E-state index in [1.807, 2.05) is 6.92 Å². The summed E-state index contributed by atoms with van der Waals surface area (Å²) in [7, 11) is 0. The Kier molecular flexibility index (Phi) is 5.46. The molecule has 4 nitrogen and oxygen atoms in total. The molecule has 6 heteroatoms. The van der Waals surface area contributed by atoms with Gasteiger partial charge in [0, 0.05) is 12.2 Å². The molecule has 0 aliphatic heterocycles. The third kappa shape index (κ3) is 4.26. The van der Waals surface area contributed by atoms with E-state index in [0.29, 0.717) is 23.5 Å². The van der Waals surface area contributed by atoms with E-state index in [-0.39, 0.29) is 6.61 Å². The predicted octanol–water partition coefficient (Wildman–Crippen LogP) is 2.26. The number of pyridine rings is 1. The average Bonchev–Trinajstić information content (AvgIpc) is 2.27. The number of nitriles is 1. The van der Waals surface area contributed by atoms with Crippen LogP contribution >= 0.6 is 0 Å². The van der Waals surface area contributed by atoms with Gasteiger partial charge in [0.05, 0.1) is 23.6 Å². The smallest absolute Gasteiger partial charge is 0.261 e. The van der Waals surface area contributed by atoms with Crippen LogP contribution in [-0.2, 0) is 4.74 Å². The molecule has 98 valence electrons. The van der Waals surface area contributed by atoms with Crippen molar-refractivity contribution in [2.24, 2.45) is 0 Å². The molecular formula is C12H15F2N3O. The Morgan fingerprint density at radius 3 is 2.83 bits per heavy atom. The Labute approximate surface area is 105 Å². The second-order valence-corrected chi connectivity index (χ2v) is 3.78. The zero-order valence-corrected chi connectivity index (χ0v) is 10.3. The Morgan fingerprint density at radius 1 is 1.50 bits per heavy atom. The normalized spacial score (nSPS) is 10.4. The minimum absolute atomic E-state index is 0.162. The van der Waals surface area contributed by atoms with Gasteiger partial charge in [-0.1, -0.05) is 0 Å². The van der Waals surface area contributed by atoms with Crippen LogP contribution in [0, 0.1) is 25.2 Å². The van der Waals surface area contributed by atoms with Gasteiger partial charge in [0.1, 0.15) is 12.7 Å². The first kappa shape index (κ1) is 14.3. The van der Waals surface area contributed by atoms with Crippen molar-refractivity contribution >= 4 is 5.69 Å². The van der Waals surface area contributed by atoms with Gasteiger partial charge in [-0.2, -0.15) is 5.26 Å². The van der Waals surface area contributed by atoms with Crippen LogP contribution in [0.2, 0.25) is 0 Å². The second-order valence-electron chi connectivity index (χ2n) is 3.78. The Morgan fingerprint density at radius 2 is 2.22 bits per heavy atom. The molecule has 1 rings (SSSR count). The number of halogens is 2. The van der Waals surface area contributed by atoms with Crippen molar-refractivity contribution in [2.75, 3.05) is 25.1 Å². The standard InChI is InChI=1S/C12H15F2N3O/c1-8-5-11(10(6-15)9(2)17-8)16-3-4-18-7-12(13)14/h5,12H,3-4,7H2,1-2H3,(H,16,17). The van der Waals surface area contributed by atoms with E-state index < -0.39 is 13.0 Å². The fraction of sp³-hybridized carbons (Fsp3) is 0.500. The predicted molar refractivity (Wildman–Crippen MR) is 63.7 cm³/mol. The van der Waals surface area contributed by atoms with E-state index in [2.05, 4.69) is 16.4 Å². The van der Waals surface area contributed by atoms with Crippen molar-refractivity contribution in [1.82, 2.24) is 4.98 Å². The Balaban J connectivity index is 2.54. The van der Waals surface area contributed by atoms with Gasteiger partial charge in [-0.3, -0.25) is 4.98 Å². The summed E-state index contributed by atoms with van der Waals surface area (Å²) < 4.78 is 28.4. The van der Waals surface area contributed by atoms with Crippen molar-refractivity contribution in [1.29, 1.82) is 5.26 Å². The van der Waals surface area contributed by atoms with Crippen molar-refractivity contribution in [3.63, 3.8) is 0 Å². The highest BCUT2D eigenvalue weighted by Gasteiger charge is 2.07. The third-order valence-electron chi connectivity index (χ3n) is 2.25. The van der Waals surface area contributed by atoms with Crippen LogP contribution < -0.4 is 5.32 Å². The number of aromatic nitrogens is 1. The van der Waals surface area contributed by atoms with Crippen LogP contribution in [-0.4, -0.2) is 31.2 Å². The SMILES string of the molecule is Cc1cc(NCCOCC(F)F)c(C#N)c(C)n1. The van der Waals surface area contributed by atoms with Crippen LogP contribution in [0.4, 0.5) is 14.5 Å². The number of ether oxygens (including phenoxy) is 1. The quantitative estimate of drug-likeness (QED) is 0.792. The molecule has 0 fully saturated rings. The van der Waals surface area contributed by atoms with Crippen molar-refractivity contribution < 1.29 is 13.5 Å². The van der Waals surface area contributed by atoms with Gasteiger partial charge in [-0.15, -0.1) is 0 Å². The topological polar surface area (TPSA) is 57.9 Å².